The molecule has 1 amide bonds. The Morgan fingerprint density at radius 3 is 2.30 bits per heavy atom. The highest BCUT2D eigenvalue weighted by molar-refractivity contribution is 7.92. The molecule has 5 nitrogen and oxygen atoms in total. The molecule has 0 radical (unpaired) electrons. The van der Waals surface area contributed by atoms with Crippen LogP contribution in [0, 0.1) is 6.92 Å². The van der Waals surface area contributed by atoms with Crippen LogP contribution in [0.1, 0.15) is 24.1 Å². The summed E-state index contributed by atoms with van der Waals surface area (Å²) in [5.41, 5.74) is 2.25. The van der Waals surface area contributed by atoms with E-state index >= 15 is 0 Å². The molecule has 0 spiro atoms. The van der Waals surface area contributed by atoms with E-state index in [0.717, 1.165) is 15.4 Å². The molecule has 0 aliphatic rings. The SMILES string of the molecule is Cc1cccc(N(CC(=O)NC(C)c2ccccc2)S(=O)(=O)c2ccc(Cl)cc2)c1. The maximum Gasteiger partial charge on any atom is 0.264 e. The fourth-order valence-corrected chi connectivity index (χ4v) is 4.61. The number of carbonyl (C=O) groups excluding carboxylic acids is 1. The topological polar surface area (TPSA) is 66.5 Å². The second-order valence-corrected chi connectivity index (χ2v) is 9.30. The Labute approximate surface area is 182 Å². The normalized spacial score (nSPS) is 12.2. The lowest BCUT2D eigenvalue weighted by atomic mass is 10.1. The molecule has 3 aromatic rings. The lowest BCUT2D eigenvalue weighted by Crippen LogP contribution is -2.41. The number of nitrogens with one attached hydrogen (secondary N) is 1. The van der Waals surface area contributed by atoms with E-state index in [2.05, 4.69) is 5.32 Å². The third-order valence-electron chi connectivity index (χ3n) is 4.66. The number of halogens is 1. The van der Waals surface area contributed by atoms with Gasteiger partial charge in [0.05, 0.1) is 16.6 Å². The first-order chi connectivity index (χ1) is 14.3. The summed E-state index contributed by atoms with van der Waals surface area (Å²) in [5, 5.41) is 3.31. The summed E-state index contributed by atoms with van der Waals surface area (Å²) >= 11 is 5.91. The molecule has 1 unspecified atom stereocenters. The number of sulfonamides is 1. The van der Waals surface area contributed by atoms with Gasteiger partial charge in [0.25, 0.3) is 10.0 Å². The highest BCUT2D eigenvalue weighted by Gasteiger charge is 2.27. The third-order valence-corrected chi connectivity index (χ3v) is 6.70. The van der Waals surface area contributed by atoms with Crippen molar-refractivity contribution >= 4 is 33.2 Å². The number of rotatable bonds is 7. The lowest BCUT2D eigenvalue weighted by molar-refractivity contribution is -0.120. The quantitative estimate of drug-likeness (QED) is 0.575. The number of carbonyl (C=O) groups is 1. The van der Waals surface area contributed by atoms with Gasteiger partial charge >= 0.3 is 0 Å². The van der Waals surface area contributed by atoms with Gasteiger partial charge in [-0.3, -0.25) is 9.10 Å². The molecular weight excluding hydrogens is 420 g/mol. The zero-order valence-electron chi connectivity index (χ0n) is 16.7. The fraction of sp³-hybridized carbons (Fsp3) is 0.174. The van der Waals surface area contributed by atoms with Gasteiger partial charge in [-0.25, -0.2) is 8.42 Å². The molecule has 0 aliphatic carbocycles. The van der Waals surface area contributed by atoms with Crippen LogP contribution >= 0.6 is 11.6 Å². The van der Waals surface area contributed by atoms with Gasteiger partial charge in [-0.05, 0) is 61.4 Å². The van der Waals surface area contributed by atoms with Crippen LogP contribution in [0.3, 0.4) is 0 Å². The van der Waals surface area contributed by atoms with Gasteiger partial charge in [0.2, 0.25) is 5.91 Å². The van der Waals surface area contributed by atoms with Crippen molar-refractivity contribution in [1.82, 2.24) is 5.32 Å². The van der Waals surface area contributed by atoms with Gasteiger partial charge in [-0.15, -0.1) is 0 Å². The maximum absolute atomic E-state index is 13.3. The summed E-state index contributed by atoms with van der Waals surface area (Å²) in [7, 11) is -3.97. The van der Waals surface area contributed by atoms with E-state index in [1.807, 2.05) is 50.2 Å². The maximum atomic E-state index is 13.3. The van der Waals surface area contributed by atoms with Gasteiger partial charge in [0.15, 0.2) is 0 Å². The number of hydrogen-bond acceptors (Lipinski definition) is 3. The van der Waals surface area contributed by atoms with Crippen molar-refractivity contribution in [3.8, 4) is 0 Å². The molecule has 7 heteroatoms. The minimum atomic E-state index is -3.97. The summed E-state index contributed by atoms with van der Waals surface area (Å²) in [6, 6.07) is 22.2. The van der Waals surface area contributed by atoms with Crippen LogP contribution in [-0.4, -0.2) is 20.9 Å². The van der Waals surface area contributed by atoms with Crippen molar-refractivity contribution < 1.29 is 13.2 Å². The molecule has 0 bridgehead atoms. The molecule has 0 saturated heterocycles. The predicted molar refractivity (Wildman–Crippen MR) is 120 cm³/mol. The number of amides is 1. The Morgan fingerprint density at radius 1 is 1.00 bits per heavy atom. The van der Waals surface area contributed by atoms with Crippen LogP contribution in [0.5, 0.6) is 0 Å². The molecule has 0 saturated carbocycles. The number of aryl methyl sites for hydroxylation is 1. The van der Waals surface area contributed by atoms with E-state index in [4.69, 9.17) is 11.6 Å². The minimum Gasteiger partial charge on any atom is -0.348 e. The number of benzene rings is 3. The molecule has 3 aromatic carbocycles. The van der Waals surface area contributed by atoms with Gasteiger partial charge in [0, 0.05) is 5.02 Å². The molecule has 156 valence electrons. The summed E-state index contributed by atoms with van der Waals surface area (Å²) in [4.78, 5) is 12.9. The predicted octanol–water partition coefficient (Wildman–Crippen LogP) is 4.72. The van der Waals surface area contributed by atoms with Crippen molar-refractivity contribution in [2.24, 2.45) is 0 Å². The van der Waals surface area contributed by atoms with Crippen LogP contribution in [0.25, 0.3) is 0 Å². The van der Waals surface area contributed by atoms with E-state index in [-0.39, 0.29) is 17.5 Å². The summed E-state index contributed by atoms with van der Waals surface area (Å²) in [5.74, 6) is -0.398. The van der Waals surface area contributed by atoms with Gasteiger partial charge < -0.3 is 5.32 Å². The first-order valence-corrected chi connectivity index (χ1v) is 11.3. The molecule has 30 heavy (non-hydrogen) atoms. The number of nitrogens with zero attached hydrogens (tertiary/aromatic N) is 1. The number of hydrogen-bond donors (Lipinski definition) is 1. The summed E-state index contributed by atoms with van der Waals surface area (Å²) in [6.07, 6.45) is 0. The van der Waals surface area contributed by atoms with Crippen molar-refractivity contribution in [3.63, 3.8) is 0 Å². The molecule has 1 atom stereocenters. The highest BCUT2D eigenvalue weighted by atomic mass is 35.5. The van der Waals surface area contributed by atoms with E-state index in [1.54, 1.807) is 18.2 Å². The van der Waals surface area contributed by atoms with Gasteiger partial charge in [-0.1, -0.05) is 54.1 Å². The molecule has 1 N–H and O–H groups in total. The molecular formula is C23H23ClN2O3S. The molecule has 3 rings (SSSR count). The Hall–Kier alpha value is -2.83. The fourth-order valence-electron chi connectivity index (χ4n) is 3.07. The zero-order chi connectivity index (χ0) is 21.7. The monoisotopic (exact) mass is 442 g/mol. The molecule has 0 aliphatic heterocycles. The van der Waals surface area contributed by atoms with Crippen LogP contribution in [0.15, 0.2) is 83.8 Å². The largest absolute Gasteiger partial charge is 0.348 e. The summed E-state index contributed by atoms with van der Waals surface area (Å²) in [6.45, 7) is 3.39. The highest BCUT2D eigenvalue weighted by Crippen LogP contribution is 2.25. The van der Waals surface area contributed by atoms with Gasteiger partial charge in [0.1, 0.15) is 6.54 Å². The smallest absolute Gasteiger partial charge is 0.264 e. The van der Waals surface area contributed by atoms with E-state index in [0.29, 0.717) is 10.7 Å². The molecule has 0 fully saturated rings. The third kappa shape index (κ3) is 5.20. The molecule has 0 aromatic heterocycles. The first kappa shape index (κ1) is 21.9. The standard InChI is InChI=1S/C23H23ClN2O3S/c1-17-7-6-10-21(15-17)26(30(28,29)22-13-11-20(24)12-14-22)16-23(27)25-18(2)19-8-4-3-5-9-19/h3-15,18H,16H2,1-2H3,(H,25,27). The second kappa shape index (κ2) is 9.32. The van der Waals surface area contributed by atoms with Crippen molar-refractivity contribution in [3.05, 3.63) is 95.0 Å². The van der Waals surface area contributed by atoms with Crippen LogP contribution in [0.4, 0.5) is 5.69 Å². The second-order valence-electron chi connectivity index (χ2n) is 7.00. The Bertz CT molecular complexity index is 1120. The zero-order valence-corrected chi connectivity index (χ0v) is 18.3. The lowest BCUT2D eigenvalue weighted by Gasteiger charge is -2.25. The van der Waals surface area contributed by atoms with E-state index < -0.39 is 15.9 Å². The minimum absolute atomic E-state index is 0.0670. The van der Waals surface area contributed by atoms with Crippen molar-refractivity contribution in [1.29, 1.82) is 0 Å². The Morgan fingerprint density at radius 2 is 1.67 bits per heavy atom. The Kier molecular flexibility index (Phi) is 6.80. The van der Waals surface area contributed by atoms with Crippen molar-refractivity contribution in [2.75, 3.05) is 10.8 Å². The Balaban J connectivity index is 1.90. The average Bonchev–Trinajstić information content (AvgIpc) is 2.73. The van der Waals surface area contributed by atoms with E-state index in [1.165, 1.54) is 24.3 Å². The van der Waals surface area contributed by atoms with Gasteiger partial charge in [-0.2, -0.15) is 0 Å². The summed E-state index contributed by atoms with van der Waals surface area (Å²) < 4.78 is 27.8. The van der Waals surface area contributed by atoms with Crippen LogP contribution in [0.2, 0.25) is 5.02 Å². The van der Waals surface area contributed by atoms with E-state index in [9.17, 15) is 13.2 Å². The van der Waals surface area contributed by atoms with Crippen LogP contribution < -0.4 is 9.62 Å². The number of anilines is 1. The average molecular weight is 443 g/mol. The molecule has 0 heterocycles. The van der Waals surface area contributed by atoms with Crippen molar-refractivity contribution in [2.45, 2.75) is 24.8 Å². The first-order valence-electron chi connectivity index (χ1n) is 9.46. The van der Waals surface area contributed by atoms with Crippen LogP contribution in [-0.2, 0) is 14.8 Å².